The van der Waals surface area contributed by atoms with Gasteiger partial charge in [0.05, 0.1) is 6.10 Å². The maximum Gasteiger partial charge on any atom is 0.191 e. The van der Waals surface area contributed by atoms with E-state index in [4.69, 9.17) is 4.74 Å². The lowest BCUT2D eigenvalue weighted by Gasteiger charge is -2.54. The number of rotatable bonds is 6. The molecule has 2 N–H and O–H groups in total. The van der Waals surface area contributed by atoms with Crippen molar-refractivity contribution in [2.24, 2.45) is 22.2 Å². The van der Waals surface area contributed by atoms with Gasteiger partial charge in [0, 0.05) is 37.6 Å². The summed E-state index contributed by atoms with van der Waals surface area (Å²) in [4.78, 5) is 4.38. The number of ether oxygens (including phenoxy) is 1. The van der Waals surface area contributed by atoms with Gasteiger partial charge < -0.3 is 15.4 Å². The molecule has 0 bridgehead atoms. The Morgan fingerprint density at radius 2 is 2.05 bits per heavy atom. The molecular weight excluding hydrogens is 389 g/mol. The van der Waals surface area contributed by atoms with Crippen LogP contribution in [0.2, 0.25) is 0 Å². The van der Waals surface area contributed by atoms with Gasteiger partial charge in [-0.2, -0.15) is 0 Å². The molecular formula is C17H34IN3O. The molecule has 0 aromatic carbocycles. The van der Waals surface area contributed by atoms with E-state index >= 15 is 0 Å². The van der Waals surface area contributed by atoms with Crippen molar-refractivity contribution in [3.05, 3.63) is 0 Å². The van der Waals surface area contributed by atoms with Gasteiger partial charge in [0.25, 0.3) is 0 Å². The Morgan fingerprint density at radius 1 is 1.32 bits per heavy atom. The first-order valence-corrected chi connectivity index (χ1v) is 8.55. The van der Waals surface area contributed by atoms with Crippen LogP contribution >= 0.6 is 24.0 Å². The van der Waals surface area contributed by atoms with Gasteiger partial charge in [-0.15, -0.1) is 24.0 Å². The first-order valence-electron chi connectivity index (χ1n) is 8.55. The second-order valence-electron chi connectivity index (χ2n) is 7.58. The number of hydrogen-bond acceptors (Lipinski definition) is 2. The molecule has 1 saturated heterocycles. The van der Waals surface area contributed by atoms with E-state index in [1.165, 1.54) is 25.7 Å². The fourth-order valence-electron chi connectivity index (χ4n) is 3.84. The van der Waals surface area contributed by atoms with Crippen LogP contribution in [-0.4, -0.2) is 38.3 Å². The number of hydrogen-bond donors (Lipinski definition) is 2. The number of aliphatic imine (C=N–C) groups is 1. The van der Waals surface area contributed by atoms with E-state index in [2.05, 4.69) is 43.3 Å². The number of halogens is 1. The number of unbranched alkanes of at least 4 members (excludes halogenated alkanes) is 1. The summed E-state index contributed by atoms with van der Waals surface area (Å²) in [7, 11) is 1.86. The van der Waals surface area contributed by atoms with Crippen molar-refractivity contribution in [3.63, 3.8) is 0 Å². The van der Waals surface area contributed by atoms with Gasteiger partial charge in [-0.1, -0.05) is 40.5 Å². The van der Waals surface area contributed by atoms with E-state index in [0.717, 1.165) is 25.0 Å². The maximum atomic E-state index is 5.85. The summed E-state index contributed by atoms with van der Waals surface area (Å²) in [6, 6.07) is 0.479. The molecule has 1 aliphatic carbocycles. The highest BCUT2D eigenvalue weighted by Crippen LogP contribution is 2.51. The van der Waals surface area contributed by atoms with E-state index in [1.54, 1.807) is 0 Å². The first kappa shape index (κ1) is 20.0. The van der Waals surface area contributed by atoms with Crippen molar-refractivity contribution in [2.45, 2.75) is 65.5 Å². The highest BCUT2D eigenvalue weighted by atomic mass is 127. The Labute approximate surface area is 153 Å². The number of nitrogens with zero attached hydrogens (tertiary/aromatic N) is 1. The van der Waals surface area contributed by atoms with Gasteiger partial charge in [0.1, 0.15) is 0 Å². The standard InChI is InChI=1S/C17H33N3O.HI/c1-12(2)8-6-7-10-19-16(18-5)20-14-13-9-11-21-15(13)17(14,3)4;/h12-15H,6-11H2,1-5H3,(H2,18,19,20);1H. The quantitative estimate of drug-likeness (QED) is 0.298. The normalized spacial score (nSPS) is 29.5. The van der Waals surface area contributed by atoms with Crippen molar-refractivity contribution in [1.29, 1.82) is 0 Å². The molecule has 0 aromatic heterocycles. The molecule has 22 heavy (non-hydrogen) atoms. The zero-order chi connectivity index (χ0) is 15.5. The lowest BCUT2D eigenvalue weighted by atomic mass is 9.57. The van der Waals surface area contributed by atoms with Gasteiger partial charge in [0.15, 0.2) is 5.96 Å². The van der Waals surface area contributed by atoms with Gasteiger partial charge in [-0.05, 0) is 18.8 Å². The summed E-state index contributed by atoms with van der Waals surface area (Å²) in [5.41, 5.74) is 0.205. The van der Waals surface area contributed by atoms with Crippen LogP contribution in [0.15, 0.2) is 4.99 Å². The van der Waals surface area contributed by atoms with Gasteiger partial charge in [0.2, 0.25) is 0 Å². The van der Waals surface area contributed by atoms with Crippen LogP contribution in [0, 0.1) is 17.3 Å². The molecule has 1 saturated carbocycles. The van der Waals surface area contributed by atoms with Crippen LogP contribution in [0.25, 0.3) is 0 Å². The van der Waals surface area contributed by atoms with Crippen molar-refractivity contribution in [2.75, 3.05) is 20.2 Å². The van der Waals surface area contributed by atoms with Crippen LogP contribution in [-0.2, 0) is 4.74 Å². The smallest absolute Gasteiger partial charge is 0.191 e. The summed E-state index contributed by atoms with van der Waals surface area (Å²) in [6.07, 6.45) is 5.41. The molecule has 2 fully saturated rings. The largest absolute Gasteiger partial charge is 0.377 e. The highest BCUT2D eigenvalue weighted by molar-refractivity contribution is 14.0. The Balaban J connectivity index is 0.00000242. The predicted octanol–water partition coefficient (Wildman–Crippen LogP) is 3.41. The van der Waals surface area contributed by atoms with Crippen molar-refractivity contribution in [1.82, 2.24) is 10.6 Å². The molecule has 0 spiro atoms. The van der Waals surface area contributed by atoms with Gasteiger partial charge in [-0.3, -0.25) is 4.99 Å². The van der Waals surface area contributed by atoms with Crippen LogP contribution in [0.4, 0.5) is 0 Å². The van der Waals surface area contributed by atoms with E-state index < -0.39 is 0 Å². The molecule has 2 rings (SSSR count). The Kier molecular flexibility index (Phi) is 7.92. The molecule has 1 aliphatic heterocycles. The van der Waals surface area contributed by atoms with Crippen molar-refractivity contribution < 1.29 is 4.74 Å². The molecule has 3 atom stereocenters. The summed E-state index contributed by atoms with van der Waals surface area (Å²) in [5, 5.41) is 7.08. The van der Waals surface area contributed by atoms with Crippen LogP contribution < -0.4 is 10.6 Å². The van der Waals surface area contributed by atoms with Crippen LogP contribution in [0.5, 0.6) is 0 Å². The molecule has 0 aromatic rings. The number of nitrogens with one attached hydrogen (secondary N) is 2. The molecule has 5 heteroatoms. The van der Waals surface area contributed by atoms with E-state index in [0.29, 0.717) is 18.1 Å². The minimum absolute atomic E-state index is 0. The monoisotopic (exact) mass is 423 g/mol. The SMILES string of the molecule is CN=C(NCCCCC(C)C)NC1C2CCOC2C1(C)C.I. The molecule has 4 nitrogen and oxygen atoms in total. The maximum absolute atomic E-state index is 5.85. The van der Waals surface area contributed by atoms with E-state index in [-0.39, 0.29) is 29.4 Å². The van der Waals surface area contributed by atoms with Crippen LogP contribution in [0.3, 0.4) is 0 Å². The van der Waals surface area contributed by atoms with Gasteiger partial charge >= 0.3 is 0 Å². The van der Waals surface area contributed by atoms with E-state index in [9.17, 15) is 0 Å². The summed E-state index contributed by atoms with van der Waals surface area (Å²) in [5.74, 6) is 2.40. The molecule has 2 aliphatic rings. The second kappa shape index (κ2) is 8.71. The summed E-state index contributed by atoms with van der Waals surface area (Å²) in [6.45, 7) is 11.1. The Morgan fingerprint density at radius 3 is 2.68 bits per heavy atom. The second-order valence-corrected chi connectivity index (χ2v) is 7.58. The minimum atomic E-state index is 0. The third-order valence-corrected chi connectivity index (χ3v) is 5.12. The fourth-order valence-corrected chi connectivity index (χ4v) is 3.84. The average Bonchev–Trinajstić information content (AvgIpc) is 2.88. The third kappa shape index (κ3) is 4.49. The number of fused-ring (bicyclic) bond motifs is 1. The topological polar surface area (TPSA) is 45.7 Å². The van der Waals surface area contributed by atoms with E-state index in [1.807, 2.05) is 7.05 Å². The predicted molar refractivity (Wildman–Crippen MR) is 104 cm³/mol. The minimum Gasteiger partial charge on any atom is -0.377 e. The third-order valence-electron chi connectivity index (χ3n) is 5.12. The lowest BCUT2D eigenvalue weighted by Crippen LogP contribution is -2.67. The molecule has 1 heterocycles. The average molecular weight is 423 g/mol. The zero-order valence-corrected chi connectivity index (χ0v) is 17.1. The van der Waals surface area contributed by atoms with Crippen LogP contribution in [0.1, 0.15) is 53.4 Å². The zero-order valence-electron chi connectivity index (χ0n) is 14.8. The molecule has 3 unspecified atom stereocenters. The van der Waals surface area contributed by atoms with Gasteiger partial charge in [-0.25, -0.2) is 0 Å². The lowest BCUT2D eigenvalue weighted by molar-refractivity contribution is -0.106. The fraction of sp³-hybridized carbons (Fsp3) is 0.941. The summed E-state index contributed by atoms with van der Waals surface area (Å²) >= 11 is 0. The summed E-state index contributed by atoms with van der Waals surface area (Å²) < 4.78 is 5.85. The first-order chi connectivity index (χ1) is 9.96. The number of guanidine groups is 1. The molecule has 0 radical (unpaired) electrons. The Bertz CT molecular complexity index is 371. The molecule has 0 amide bonds. The van der Waals surface area contributed by atoms with Crippen molar-refractivity contribution >= 4 is 29.9 Å². The highest BCUT2D eigenvalue weighted by Gasteiger charge is 2.59. The van der Waals surface area contributed by atoms with Crippen molar-refractivity contribution in [3.8, 4) is 0 Å². The molecule has 130 valence electrons. The Hall–Kier alpha value is -0.0400.